The predicted molar refractivity (Wildman–Crippen MR) is 189 cm³/mol. The van der Waals surface area contributed by atoms with Crippen LogP contribution in [0.15, 0.2) is 102 Å². The molecule has 0 aliphatic heterocycles. The molecule has 47 heavy (non-hydrogen) atoms. The molecule has 0 saturated heterocycles. The molecule has 4 aromatic rings. The number of hydrogen-bond donors (Lipinski definition) is 1. The molecule has 1 unspecified atom stereocenters. The van der Waals surface area contributed by atoms with Crippen LogP contribution < -0.4 is 9.62 Å². The van der Waals surface area contributed by atoms with E-state index in [4.69, 9.17) is 34.8 Å². The lowest BCUT2D eigenvalue weighted by Crippen LogP contribution is -2.54. The topological polar surface area (TPSA) is 86.8 Å². The van der Waals surface area contributed by atoms with E-state index in [-0.39, 0.29) is 35.5 Å². The number of amides is 2. The van der Waals surface area contributed by atoms with E-state index in [0.717, 1.165) is 35.6 Å². The van der Waals surface area contributed by atoms with Crippen molar-refractivity contribution in [3.8, 4) is 0 Å². The van der Waals surface area contributed by atoms with E-state index < -0.39 is 28.5 Å². The lowest BCUT2D eigenvalue weighted by molar-refractivity contribution is -0.140. The van der Waals surface area contributed by atoms with Crippen LogP contribution in [0.3, 0.4) is 0 Å². The summed E-state index contributed by atoms with van der Waals surface area (Å²) in [5.41, 5.74) is 2.27. The Hall–Kier alpha value is -3.56. The highest BCUT2D eigenvalue weighted by atomic mass is 35.5. The van der Waals surface area contributed by atoms with Gasteiger partial charge in [-0.2, -0.15) is 0 Å². The molecular formula is C36H36Cl3N3O4S. The molecule has 0 radical (unpaired) electrons. The van der Waals surface area contributed by atoms with Crippen LogP contribution in [-0.4, -0.2) is 43.8 Å². The van der Waals surface area contributed by atoms with Gasteiger partial charge in [0.05, 0.1) is 10.6 Å². The van der Waals surface area contributed by atoms with Crippen molar-refractivity contribution in [3.05, 3.63) is 129 Å². The Bertz CT molecular complexity index is 1820. The number of sulfonamides is 1. The van der Waals surface area contributed by atoms with Crippen LogP contribution in [-0.2, 0) is 32.6 Å². The molecule has 0 bridgehead atoms. The number of anilines is 1. The monoisotopic (exact) mass is 711 g/mol. The first-order valence-electron chi connectivity index (χ1n) is 15.4. The summed E-state index contributed by atoms with van der Waals surface area (Å²) in [7, 11) is -4.25. The molecule has 0 spiro atoms. The Balaban J connectivity index is 1.60. The van der Waals surface area contributed by atoms with E-state index in [1.54, 1.807) is 55.5 Å². The van der Waals surface area contributed by atoms with Gasteiger partial charge in [0.25, 0.3) is 10.0 Å². The summed E-state index contributed by atoms with van der Waals surface area (Å²) in [6, 6.07) is 26.2. The van der Waals surface area contributed by atoms with E-state index >= 15 is 0 Å². The average molecular weight is 713 g/mol. The highest BCUT2D eigenvalue weighted by molar-refractivity contribution is 7.92. The van der Waals surface area contributed by atoms with Gasteiger partial charge in [0, 0.05) is 34.1 Å². The van der Waals surface area contributed by atoms with Crippen molar-refractivity contribution < 1.29 is 18.0 Å². The zero-order chi connectivity index (χ0) is 33.6. The summed E-state index contributed by atoms with van der Waals surface area (Å²) in [6.45, 7) is 1.10. The summed E-state index contributed by atoms with van der Waals surface area (Å²) < 4.78 is 29.5. The minimum absolute atomic E-state index is 0.000845. The van der Waals surface area contributed by atoms with E-state index in [1.165, 1.54) is 23.1 Å². The molecule has 4 aromatic carbocycles. The fraction of sp³-hybridized carbons (Fsp3) is 0.278. The molecule has 2 amide bonds. The highest BCUT2D eigenvalue weighted by Gasteiger charge is 2.36. The Morgan fingerprint density at radius 3 is 2.13 bits per heavy atom. The Morgan fingerprint density at radius 1 is 0.851 bits per heavy atom. The molecule has 246 valence electrons. The fourth-order valence-corrected chi connectivity index (χ4v) is 7.97. The summed E-state index contributed by atoms with van der Waals surface area (Å²) in [6.07, 6.45) is 3.96. The second-order valence-electron chi connectivity index (χ2n) is 11.7. The number of carbonyl (C=O) groups excluding carboxylic acids is 2. The second-order valence-corrected chi connectivity index (χ2v) is 14.9. The van der Waals surface area contributed by atoms with Gasteiger partial charge in [-0.05, 0) is 72.9 Å². The van der Waals surface area contributed by atoms with Crippen molar-refractivity contribution >= 4 is 62.3 Å². The molecule has 5 rings (SSSR count). The third kappa shape index (κ3) is 8.68. The Kier molecular flexibility index (Phi) is 11.5. The fourth-order valence-electron chi connectivity index (χ4n) is 5.84. The highest BCUT2D eigenvalue weighted by Crippen LogP contribution is 2.31. The zero-order valence-electron chi connectivity index (χ0n) is 25.9. The van der Waals surface area contributed by atoms with Gasteiger partial charge in [-0.3, -0.25) is 13.9 Å². The van der Waals surface area contributed by atoms with Crippen LogP contribution in [0.4, 0.5) is 5.69 Å². The average Bonchev–Trinajstić information content (AvgIpc) is 3.57. The smallest absolute Gasteiger partial charge is 0.264 e. The molecule has 0 heterocycles. The van der Waals surface area contributed by atoms with Crippen LogP contribution in [0.2, 0.25) is 15.1 Å². The first-order chi connectivity index (χ1) is 22.5. The number of nitrogens with zero attached hydrogens (tertiary/aromatic N) is 2. The largest absolute Gasteiger partial charge is 0.352 e. The normalized spacial score (nSPS) is 14.0. The molecule has 1 fully saturated rings. The molecular weight excluding hydrogens is 677 g/mol. The molecule has 7 nitrogen and oxygen atoms in total. The molecule has 1 aliphatic carbocycles. The number of nitrogens with one attached hydrogen (secondary N) is 1. The number of benzene rings is 4. The first-order valence-corrected chi connectivity index (χ1v) is 18.0. The van der Waals surface area contributed by atoms with Crippen molar-refractivity contribution in [1.82, 2.24) is 10.2 Å². The molecule has 1 atom stereocenters. The van der Waals surface area contributed by atoms with Crippen molar-refractivity contribution in [3.63, 3.8) is 0 Å². The van der Waals surface area contributed by atoms with Crippen LogP contribution in [0, 0.1) is 6.92 Å². The quantitative estimate of drug-likeness (QED) is 0.162. The van der Waals surface area contributed by atoms with Crippen molar-refractivity contribution in [1.29, 1.82) is 0 Å². The number of rotatable bonds is 12. The summed E-state index contributed by atoms with van der Waals surface area (Å²) in [5.74, 6) is -0.895. The standard InChI is InChI=1S/C36H36Cl3N3O4S/c1-25-16-18-29(38)22-33(25)42(47(45,46)31-14-6-3-7-15-31)24-35(43)41(23-27-17-19-28(37)21-32(27)39)34(20-26-10-4-2-5-11-26)36(44)40-30-12-8-9-13-30/h2-7,10-11,14-19,21-22,30,34H,8-9,12-13,20,23-24H2,1H3,(H,40,44). The van der Waals surface area contributed by atoms with Gasteiger partial charge in [-0.1, -0.05) is 108 Å². The molecule has 1 N–H and O–H groups in total. The predicted octanol–water partition coefficient (Wildman–Crippen LogP) is 7.85. The van der Waals surface area contributed by atoms with Gasteiger partial charge in [-0.15, -0.1) is 0 Å². The van der Waals surface area contributed by atoms with E-state index in [1.807, 2.05) is 30.3 Å². The molecule has 11 heteroatoms. The minimum atomic E-state index is -4.25. The number of aryl methyl sites for hydroxylation is 1. The SMILES string of the molecule is Cc1ccc(Cl)cc1N(CC(=O)N(Cc1ccc(Cl)cc1Cl)C(Cc1ccccc1)C(=O)NC1CCCC1)S(=O)(=O)c1ccccc1. The molecule has 1 aliphatic rings. The maximum atomic E-state index is 14.7. The lowest BCUT2D eigenvalue weighted by Gasteiger charge is -2.35. The van der Waals surface area contributed by atoms with Gasteiger partial charge in [-0.25, -0.2) is 8.42 Å². The first kappa shape index (κ1) is 34.8. The van der Waals surface area contributed by atoms with Crippen molar-refractivity contribution in [2.24, 2.45) is 0 Å². The number of hydrogen-bond acceptors (Lipinski definition) is 4. The summed E-state index contributed by atoms with van der Waals surface area (Å²) in [5, 5.41) is 4.23. The van der Waals surface area contributed by atoms with E-state index in [2.05, 4.69) is 5.32 Å². The van der Waals surface area contributed by atoms with Crippen LogP contribution >= 0.6 is 34.8 Å². The number of carbonyl (C=O) groups is 2. The van der Waals surface area contributed by atoms with Gasteiger partial charge in [0.2, 0.25) is 11.8 Å². The van der Waals surface area contributed by atoms with Gasteiger partial charge < -0.3 is 10.2 Å². The molecule has 0 aromatic heterocycles. The van der Waals surface area contributed by atoms with Crippen LogP contribution in [0.1, 0.15) is 42.4 Å². The third-order valence-corrected chi connectivity index (χ3v) is 11.0. The number of halogens is 3. The van der Waals surface area contributed by atoms with E-state index in [0.29, 0.717) is 26.2 Å². The van der Waals surface area contributed by atoms with Crippen LogP contribution in [0.5, 0.6) is 0 Å². The molecule has 1 saturated carbocycles. The Labute approximate surface area is 291 Å². The lowest BCUT2D eigenvalue weighted by atomic mass is 10.0. The Morgan fingerprint density at radius 2 is 1.47 bits per heavy atom. The zero-order valence-corrected chi connectivity index (χ0v) is 29.0. The second kappa shape index (κ2) is 15.6. The van der Waals surface area contributed by atoms with Crippen molar-refractivity contribution in [2.75, 3.05) is 10.8 Å². The van der Waals surface area contributed by atoms with E-state index in [9.17, 15) is 18.0 Å². The van der Waals surface area contributed by atoms with Crippen LogP contribution in [0.25, 0.3) is 0 Å². The van der Waals surface area contributed by atoms with Crippen molar-refractivity contribution in [2.45, 2.75) is 62.6 Å². The van der Waals surface area contributed by atoms with Gasteiger partial charge in [0.1, 0.15) is 12.6 Å². The summed E-state index contributed by atoms with van der Waals surface area (Å²) >= 11 is 19.2. The third-order valence-electron chi connectivity index (χ3n) is 8.38. The summed E-state index contributed by atoms with van der Waals surface area (Å²) in [4.78, 5) is 30.3. The van der Waals surface area contributed by atoms with Gasteiger partial charge >= 0.3 is 0 Å². The minimum Gasteiger partial charge on any atom is -0.352 e. The maximum Gasteiger partial charge on any atom is 0.264 e. The maximum absolute atomic E-state index is 14.7. The van der Waals surface area contributed by atoms with Gasteiger partial charge in [0.15, 0.2) is 0 Å².